The molecule has 3 aromatic rings. The van der Waals surface area contributed by atoms with Gasteiger partial charge < -0.3 is 14.6 Å². The minimum Gasteiger partial charge on any atom is -0.464 e. The van der Waals surface area contributed by atoms with Gasteiger partial charge >= 0.3 is 5.97 Å². The summed E-state index contributed by atoms with van der Waals surface area (Å²) in [6.07, 6.45) is 1.35. The second-order valence-corrected chi connectivity index (χ2v) is 8.57. The summed E-state index contributed by atoms with van der Waals surface area (Å²) >= 11 is 0. The van der Waals surface area contributed by atoms with Gasteiger partial charge in [0.1, 0.15) is 17.1 Å². The Balaban J connectivity index is 1.77. The smallest absolute Gasteiger partial charge is 0.359 e. The molecule has 0 aliphatic carbocycles. The topological polar surface area (TPSA) is 93.5 Å². The molecule has 1 atom stereocenters. The number of carbonyl (C=O) groups excluding carboxylic acids is 3. The van der Waals surface area contributed by atoms with Crippen molar-refractivity contribution in [3.8, 4) is 0 Å². The van der Waals surface area contributed by atoms with Crippen molar-refractivity contribution in [2.75, 3.05) is 12.0 Å². The van der Waals surface area contributed by atoms with Crippen LogP contribution in [0.15, 0.2) is 48.8 Å². The number of carbonyl (C=O) groups is 3. The van der Waals surface area contributed by atoms with E-state index in [0.29, 0.717) is 11.3 Å². The third-order valence-electron chi connectivity index (χ3n) is 6.06. The molecular formula is C25H25FN4O4. The third-order valence-corrected chi connectivity index (χ3v) is 6.06. The molecule has 0 saturated heterocycles. The van der Waals surface area contributed by atoms with Crippen LogP contribution in [0, 0.1) is 19.7 Å². The summed E-state index contributed by atoms with van der Waals surface area (Å²) in [6.45, 7) is 5.57. The lowest BCUT2D eigenvalue weighted by atomic mass is 9.92. The molecule has 0 saturated carbocycles. The lowest BCUT2D eigenvalue weighted by Gasteiger charge is -2.44. The Kier molecular flexibility index (Phi) is 5.95. The molecule has 0 fully saturated rings. The van der Waals surface area contributed by atoms with Crippen molar-refractivity contribution in [2.45, 2.75) is 39.4 Å². The van der Waals surface area contributed by atoms with Crippen LogP contribution in [0.1, 0.15) is 44.6 Å². The summed E-state index contributed by atoms with van der Waals surface area (Å²) in [5, 5.41) is 2.92. The Hall–Kier alpha value is -4.01. The highest BCUT2D eigenvalue weighted by Gasteiger charge is 2.50. The number of anilines is 1. The monoisotopic (exact) mass is 464 g/mol. The van der Waals surface area contributed by atoms with Gasteiger partial charge in [-0.25, -0.2) is 14.2 Å². The van der Waals surface area contributed by atoms with Gasteiger partial charge in [0.15, 0.2) is 5.69 Å². The van der Waals surface area contributed by atoms with Crippen molar-refractivity contribution < 1.29 is 23.5 Å². The summed E-state index contributed by atoms with van der Waals surface area (Å²) in [4.78, 5) is 44.9. The van der Waals surface area contributed by atoms with Gasteiger partial charge in [-0.3, -0.25) is 14.5 Å². The first-order chi connectivity index (χ1) is 16.2. The normalized spacial score (nSPS) is 17.3. The second-order valence-electron chi connectivity index (χ2n) is 8.57. The molecule has 9 heteroatoms. The van der Waals surface area contributed by atoms with Crippen LogP contribution >= 0.6 is 0 Å². The maximum absolute atomic E-state index is 13.8. The minimum atomic E-state index is -1.38. The summed E-state index contributed by atoms with van der Waals surface area (Å²) in [7, 11) is 1.20. The molecule has 8 nitrogen and oxygen atoms in total. The van der Waals surface area contributed by atoms with Crippen molar-refractivity contribution >= 4 is 23.5 Å². The Morgan fingerprint density at radius 3 is 2.53 bits per heavy atom. The number of imidazole rings is 1. The molecule has 176 valence electrons. The number of aryl methyl sites for hydroxylation is 2. The summed E-state index contributed by atoms with van der Waals surface area (Å²) < 4.78 is 20.1. The number of esters is 1. The SMILES string of the molecule is COC(=O)c1ncn2c1C(=O)N(c1ccc(F)cc1C)[C@](C)(C(=O)NCc1ccc(C)cc1)C2. The van der Waals surface area contributed by atoms with Crippen LogP contribution in [-0.2, 0) is 22.6 Å². The average molecular weight is 464 g/mol. The predicted molar refractivity (Wildman–Crippen MR) is 123 cm³/mol. The highest BCUT2D eigenvalue weighted by atomic mass is 19.1. The molecular weight excluding hydrogens is 439 g/mol. The van der Waals surface area contributed by atoms with Crippen molar-refractivity contribution in [3.05, 3.63) is 82.7 Å². The van der Waals surface area contributed by atoms with E-state index in [1.807, 2.05) is 31.2 Å². The molecule has 2 heterocycles. The number of amides is 2. The second kappa shape index (κ2) is 8.74. The van der Waals surface area contributed by atoms with Crippen LogP contribution in [0.25, 0.3) is 0 Å². The van der Waals surface area contributed by atoms with E-state index in [1.54, 1.807) is 13.8 Å². The van der Waals surface area contributed by atoms with Crippen LogP contribution in [0.3, 0.4) is 0 Å². The fraction of sp³-hybridized carbons (Fsp3) is 0.280. The van der Waals surface area contributed by atoms with Crippen LogP contribution in [0.2, 0.25) is 0 Å². The average Bonchev–Trinajstić information content (AvgIpc) is 3.23. The number of nitrogens with zero attached hydrogens (tertiary/aromatic N) is 3. The fourth-order valence-corrected chi connectivity index (χ4v) is 4.20. The first-order valence-corrected chi connectivity index (χ1v) is 10.7. The van der Waals surface area contributed by atoms with Crippen molar-refractivity contribution in [2.24, 2.45) is 0 Å². The molecule has 2 aromatic carbocycles. The van der Waals surface area contributed by atoms with Gasteiger partial charge in [-0.2, -0.15) is 0 Å². The fourth-order valence-electron chi connectivity index (χ4n) is 4.20. The van der Waals surface area contributed by atoms with Crippen molar-refractivity contribution in [3.63, 3.8) is 0 Å². The quantitative estimate of drug-likeness (QED) is 0.586. The number of halogens is 1. The molecule has 0 unspecified atom stereocenters. The van der Waals surface area contributed by atoms with Gasteiger partial charge in [-0.1, -0.05) is 29.8 Å². The zero-order valence-corrected chi connectivity index (χ0v) is 19.4. The molecule has 34 heavy (non-hydrogen) atoms. The molecule has 1 N–H and O–H groups in total. The molecule has 4 rings (SSSR count). The molecule has 0 bridgehead atoms. The molecule has 0 spiro atoms. The number of methoxy groups -OCH3 is 1. The Bertz CT molecular complexity index is 1280. The van der Waals surface area contributed by atoms with E-state index in [0.717, 1.165) is 11.1 Å². The number of aromatic nitrogens is 2. The third kappa shape index (κ3) is 3.93. The van der Waals surface area contributed by atoms with E-state index in [9.17, 15) is 18.8 Å². The number of nitrogens with one attached hydrogen (secondary N) is 1. The van der Waals surface area contributed by atoms with Gasteiger partial charge in [0.05, 0.1) is 20.0 Å². The number of fused-ring (bicyclic) bond motifs is 1. The van der Waals surface area contributed by atoms with Crippen LogP contribution in [0.5, 0.6) is 0 Å². The van der Waals surface area contributed by atoms with Crippen LogP contribution in [-0.4, -0.2) is 40.0 Å². The van der Waals surface area contributed by atoms with Gasteiger partial charge in [0, 0.05) is 12.2 Å². The highest BCUT2D eigenvalue weighted by molar-refractivity contribution is 6.15. The lowest BCUT2D eigenvalue weighted by Crippen LogP contribution is -2.64. The van der Waals surface area contributed by atoms with E-state index < -0.39 is 29.1 Å². The zero-order valence-electron chi connectivity index (χ0n) is 19.4. The van der Waals surface area contributed by atoms with E-state index in [2.05, 4.69) is 10.3 Å². The lowest BCUT2D eigenvalue weighted by molar-refractivity contribution is -0.126. The maximum atomic E-state index is 13.8. The van der Waals surface area contributed by atoms with Gasteiger partial charge in [0.25, 0.3) is 5.91 Å². The number of ether oxygens (including phenoxy) is 1. The van der Waals surface area contributed by atoms with Crippen LogP contribution in [0.4, 0.5) is 10.1 Å². The maximum Gasteiger partial charge on any atom is 0.359 e. The molecule has 1 aliphatic rings. The first kappa shape index (κ1) is 23.2. The van der Waals surface area contributed by atoms with E-state index in [1.165, 1.54) is 41.1 Å². The summed E-state index contributed by atoms with van der Waals surface area (Å²) in [6, 6.07) is 11.7. The Morgan fingerprint density at radius 2 is 1.88 bits per heavy atom. The largest absolute Gasteiger partial charge is 0.464 e. The zero-order chi connectivity index (χ0) is 24.6. The van der Waals surface area contributed by atoms with E-state index >= 15 is 0 Å². The summed E-state index contributed by atoms with van der Waals surface area (Å²) in [5.74, 6) is -2.22. The molecule has 2 amide bonds. The van der Waals surface area contributed by atoms with Crippen molar-refractivity contribution in [1.82, 2.24) is 14.9 Å². The first-order valence-electron chi connectivity index (χ1n) is 10.7. The van der Waals surface area contributed by atoms with Gasteiger partial charge in [0.2, 0.25) is 5.91 Å². The number of hydrogen-bond donors (Lipinski definition) is 1. The number of rotatable bonds is 5. The number of benzene rings is 2. The molecule has 1 aromatic heterocycles. The van der Waals surface area contributed by atoms with E-state index in [-0.39, 0.29) is 24.5 Å². The summed E-state index contributed by atoms with van der Waals surface area (Å²) in [5.41, 5.74) is 1.34. The van der Waals surface area contributed by atoms with Crippen LogP contribution < -0.4 is 10.2 Å². The van der Waals surface area contributed by atoms with Gasteiger partial charge in [-0.05, 0) is 50.1 Å². The predicted octanol–water partition coefficient (Wildman–Crippen LogP) is 3.16. The number of hydrogen-bond acceptors (Lipinski definition) is 5. The van der Waals surface area contributed by atoms with E-state index in [4.69, 9.17) is 4.74 Å². The van der Waals surface area contributed by atoms with Crippen molar-refractivity contribution in [1.29, 1.82) is 0 Å². The highest BCUT2D eigenvalue weighted by Crippen LogP contribution is 2.35. The standard InChI is InChI=1S/C25H25FN4O4/c1-15-5-7-17(8-6-15)12-27-24(33)25(3)13-29-14-28-20(23(32)34-4)21(29)22(31)30(25)19-10-9-18(26)11-16(19)2/h5-11,14H,12-13H2,1-4H3,(H,27,33)/t25-/m0/s1. The Labute approximate surface area is 196 Å². The Morgan fingerprint density at radius 1 is 1.18 bits per heavy atom. The molecule has 1 aliphatic heterocycles. The molecule has 0 radical (unpaired) electrons. The van der Waals surface area contributed by atoms with Gasteiger partial charge in [-0.15, -0.1) is 0 Å². The minimum absolute atomic E-state index is 0.0133.